The van der Waals surface area contributed by atoms with Crippen LogP contribution in [0.15, 0.2) is 12.3 Å². The Bertz CT molecular complexity index is 197. The molecule has 1 fully saturated rings. The van der Waals surface area contributed by atoms with Gasteiger partial charge in [-0.15, -0.1) is 0 Å². The van der Waals surface area contributed by atoms with Gasteiger partial charge >= 0.3 is 5.97 Å². The summed E-state index contributed by atoms with van der Waals surface area (Å²) >= 11 is 0. The summed E-state index contributed by atoms with van der Waals surface area (Å²) in [4.78, 5) is 10.9. The molecule has 2 aliphatic rings. The van der Waals surface area contributed by atoms with E-state index < -0.39 is 0 Å². The second kappa shape index (κ2) is 1.75. The fourth-order valence-electron chi connectivity index (χ4n) is 1.36. The molecule has 3 nitrogen and oxygen atoms in total. The quantitative estimate of drug-likeness (QED) is 0.492. The van der Waals surface area contributed by atoms with Gasteiger partial charge in [-0.1, -0.05) is 0 Å². The van der Waals surface area contributed by atoms with Gasteiger partial charge in [-0.3, -0.25) is 4.79 Å². The second-order valence-electron chi connectivity index (χ2n) is 2.56. The zero-order valence-corrected chi connectivity index (χ0v) is 5.61. The number of rotatable bonds is 1. The molecule has 1 saturated carbocycles. The van der Waals surface area contributed by atoms with Crippen molar-refractivity contribution in [1.29, 1.82) is 0 Å². The maximum atomic E-state index is 10.9. The largest absolute Gasteiger partial charge is 0.497 e. The fourth-order valence-corrected chi connectivity index (χ4v) is 1.36. The summed E-state index contributed by atoms with van der Waals surface area (Å²) in [6.07, 6.45) is 3.65. The molecule has 3 heteroatoms. The zero-order chi connectivity index (χ0) is 7.14. The highest BCUT2D eigenvalue weighted by Crippen LogP contribution is 2.47. The fraction of sp³-hybridized carbons (Fsp3) is 0.571. The second-order valence-corrected chi connectivity index (χ2v) is 2.56. The average Bonchev–Trinajstić information content (AvgIpc) is 2.43. The molecule has 0 saturated heterocycles. The molecule has 0 aromatic rings. The van der Waals surface area contributed by atoms with E-state index in [1.54, 1.807) is 6.26 Å². The summed E-state index contributed by atoms with van der Waals surface area (Å²) < 4.78 is 9.64. The van der Waals surface area contributed by atoms with Gasteiger partial charge < -0.3 is 9.47 Å². The van der Waals surface area contributed by atoms with Gasteiger partial charge in [0.25, 0.3) is 0 Å². The van der Waals surface area contributed by atoms with E-state index in [1.807, 2.05) is 6.08 Å². The van der Waals surface area contributed by atoms with Crippen molar-refractivity contribution in [2.24, 2.45) is 11.8 Å². The van der Waals surface area contributed by atoms with Crippen LogP contribution in [-0.4, -0.2) is 19.2 Å². The third kappa shape index (κ3) is 0.574. The molecule has 1 heterocycles. The van der Waals surface area contributed by atoms with Crippen LogP contribution in [0.4, 0.5) is 0 Å². The molecule has 2 rings (SSSR count). The lowest BCUT2D eigenvalue weighted by Crippen LogP contribution is -2.07. The van der Waals surface area contributed by atoms with E-state index in [0.29, 0.717) is 5.92 Å². The first-order valence-electron chi connectivity index (χ1n) is 3.24. The number of hydrogen-bond acceptors (Lipinski definition) is 3. The summed E-state index contributed by atoms with van der Waals surface area (Å²) in [7, 11) is 1.40. The molecule has 10 heavy (non-hydrogen) atoms. The van der Waals surface area contributed by atoms with Crippen molar-refractivity contribution in [3.63, 3.8) is 0 Å². The van der Waals surface area contributed by atoms with E-state index in [9.17, 15) is 4.79 Å². The van der Waals surface area contributed by atoms with Gasteiger partial charge in [-0.05, 0) is 6.08 Å². The molecular weight excluding hydrogens is 132 g/mol. The Labute approximate surface area is 58.6 Å². The van der Waals surface area contributed by atoms with Crippen molar-refractivity contribution in [3.8, 4) is 0 Å². The van der Waals surface area contributed by atoms with Crippen LogP contribution in [0.2, 0.25) is 0 Å². The van der Waals surface area contributed by atoms with Gasteiger partial charge in [0.2, 0.25) is 0 Å². The minimum atomic E-state index is -0.153. The maximum absolute atomic E-state index is 10.9. The Balaban J connectivity index is 2.01. The van der Waals surface area contributed by atoms with Crippen molar-refractivity contribution < 1.29 is 14.3 Å². The molecule has 0 amide bonds. The van der Waals surface area contributed by atoms with Crippen molar-refractivity contribution in [3.05, 3.63) is 12.3 Å². The van der Waals surface area contributed by atoms with Crippen LogP contribution in [0, 0.1) is 11.8 Å². The lowest BCUT2D eigenvalue weighted by Gasteiger charge is -1.97. The van der Waals surface area contributed by atoms with Gasteiger partial charge in [-0.2, -0.15) is 0 Å². The van der Waals surface area contributed by atoms with E-state index in [4.69, 9.17) is 4.74 Å². The normalized spacial score (nSPS) is 40.3. The van der Waals surface area contributed by atoms with E-state index in [1.165, 1.54) is 7.11 Å². The number of ether oxygens (including phenoxy) is 2. The van der Waals surface area contributed by atoms with Crippen LogP contribution >= 0.6 is 0 Å². The van der Waals surface area contributed by atoms with Crippen LogP contribution in [0.25, 0.3) is 0 Å². The molecule has 0 radical (unpaired) electrons. The third-order valence-corrected chi connectivity index (χ3v) is 2.02. The first-order chi connectivity index (χ1) is 4.84. The Morgan fingerprint density at radius 1 is 1.70 bits per heavy atom. The van der Waals surface area contributed by atoms with E-state index in [-0.39, 0.29) is 18.0 Å². The molecule has 54 valence electrons. The molecule has 0 unspecified atom stereocenters. The highest BCUT2D eigenvalue weighted by Gasteiger charge is 2.58. The number of fused-ring (bicyclic) bond motifs is 1. The maximum Gasteiger partial charge on any atom is 0.313 e. The number of methoxy groups -OCH3 is 1. The SMILES string of the molecule is COC(=O)[C@@H]1[C@@H]2C=CO[C@@H]21. The smallest absolute Gasteiger partial charge is 0.313 e. The van der Waals surface area contributed by atoms with Gasteiger partial charge in [-0.25, -0.2) is 0 Å². The minimum absolute atomic E-state index is 0.0185. The predicted octanol–water partition coefficient (Wildman–Crippen LogP) is 0.318. The van der Waals surface area contributed by atoms with Gasteiger partial charge in [0.05, 0.1) is 13.4 Å². The summed E-state index contributed by atoms with van der Waals surface area (Å²) in [5.74, 6) is 0.127. The molecular formula is C7H8O3. The highest BCUT2D eigenvalue weighted by atomic mass is 16.5. The van der Waals surface area contributed by atoms with E-state index >= 15 is 0 Å². The molecule has 0 spiro atoms. The first-order valence-corrected chi connectivity index (χ1v) is 3.24. The first kappa shape index (κ1) is 5.77. The van der Waals surface area contributed by atoms with Crippen LogP contribution in [0.1, 0.15) is 0 Å². The average molecular weight is 140 g/mol. The number of hydrogen-bond donors (Lipinski definition) is 0. The van der Waals surface area contributed by atoms with Gasteiger partial charge in [0.1, 0.15) is 12.0 Å². The Morgan fingerprint density at radius 2 is 2.50 bits per heavy atom. The molecule has 1 aliphatic heterocycles. The van der Waals surface area contributed by atoms with Crippen molar-refractivity contribution >= 4 is 5.97 Å². The number of carbonyl (C=O) groups is 1. The number of esters is 1. The van der Waals surface area contributed by atoms with E-state index in [2.05, 4.69) is 4.74 Å². The van der Waals surface area contributed by atoms with Crippen LogP contribution in [0.3, 0.4) is 0 Å². The molecule has 0 N–H and O–H groups in total. The topological polar surface area (TPSA) is 35.5 Å². The molecule has 1 aliphatic carbocycles. The summed E-state index contributed by atoms with van der Waals surface area (Å²) in [5.41, 5.74) is 0. The Hall–Kier alpha value is -0.990. The minimum Gasteiger partial charge on any atom is -0.497 e. The summed E-state index contributed by atoms with van der Waals surface area (Å²) in [6, 6.07) is 0. The predicted molar refractivity (Wildman–Crippen MR) is 33.0 cm³/mol. The Morgan fingerprint density at radius 3 is 3.00 bits per heavy atom. The Kier molecular flexibility index (Phi) is 1.01. The molecule has 0 aromatic heterocycles. The van der Waals surface area contributed by atoms with Crippen molar-refractivity contribution in [2.45, 2.75) is 6.10 Å². The van der Waals surface area contributed by atoms with Gasteiger partial charge in [0, 0.05) is 5.92 Å². The number of carbonyl (C=O) groups excluding carboxylic acids is 1. The zero-order valence-electron chi connectivity index (χ0n) is 5.61. The third-order valence-electron chi connectivity index (χ3n) is 2.02. The van der Waals surface area contributed by atoms with Crippen molar-refractivity contribution in [1.82, 2.24) is 0 Å². The lowest BCUT2D eigenvalue weighted by atomic mass is 10.3. The van der Waals surface area contributed by atoms with Crippen LogP contribution in [0.5, 0.6) is 0 Å². The van der Waals surface area contributed by atoms with Crippen molar-refractivity contribution in [2.75, 3.05) is 7.11 Å². The summed E-state index contributed by atoms with van der Waals surface area (Å²) in [5, 5.41) is 0. The molecule has 0 aromatic carbocycles. The van der Waals surface area contributed by atoms with Gasteiger partial charge in [0.15, 0.2) is 0 Å². The molecule has 3 atom stereocenters. The highest BCUT2D eigenvalue weighted by molar-refractivity contribution is 5.78. The van der Waals surface area contributed by atoms with E-state index in [0.717, 1.165) is 0 Å². The lowest BCUT2D eigenvalue weighted by molar-refractivity contribution is -0.143. The standard InChI is InChI=1S/C7H8O3/c1-9-7(8)5-4-2-3-10-6(4)5/h2-6H,1H3/t4-,5+,6-/m0/s1. The van der Waals surface area contributed by atoms with Crippen LogP contribution < -0.4 is 0 Å². The summed E-state index contributed by atoms with van der Waals surface area (Å²) in [6.45, 7) is 0. The molecule has 0 bridgehead atoms. The monoisotopic (exact) mass is 140 g/mol. The van der Waals surface area contributed by atoms with Crippen LogP contribution in [-0.2, 0) is 14.3 Å².